The van der Waals surface area contributed by atoms with Crippen LogP contribution in [0.1, 0.15) is 19.8 Å². The van der Waals surface area contributed by atoms with Crippen LogP contribution in [0.4, 0.5) is 0 Å². The zero-order valence-electron chi connectivity index (χ0n) is 12.4. The molecule has 0 aromatic heterocycles. The quantitative estimate of drug-likeness (QED) is 0.726. The molecule has 0 bridgehead atoms. The van der Waals surface area contributed by atoms with Crippen molar-refractivity contribution < 1.29 is 14.3 Å². The highest BCUT2D eigenvalue weighted by atomic mass is 16.5. The second kappa shape index (κ2) is 7.04. The summed E-state index contributed by atoms with van der Waals surface area (Å²) in [4.78, 5) is 27.2. The molecule has 1 saturated heterocycles. The van der Waals surface area contributed by atoms with Crippen LogP contribution in [0.2, 0.25) is 0 Å². The summed E-state index contributed by atoms with van der Waals surface area (Å²) in [7, 11) is 2.07. The fourth-order valence-corrected chi connectivity index (χ4v) is 2.43. The van der Waals surface area contributed by atoms with Crippen molar-refractivity contribution in [1.82, 2.24) is 15.1 Å². The number of nitrogens with zero attached hydrogens (tertiary/aromatic N) is 2. The number of rotatable bonds is 6. The van der Waals surface area contributed by atoms with Gasteiger partial charge in [0.2, 0.25) is 11.8 Å². The maximum atomic E-state index is 12.2. The number of amides is 2. The first-order valence-corrected chi connectivity index (χ1v) is 7.37. The molecule has 1 atom stereocenters. The summed E-state index contributed by atoms with van der Waals surface area (Å²) in [6.45, 7) is 5.45. The molecule has 114 valence electrons. The first-order chi connectivity index (χ1) is 9.54. The Bertz CT molecular complexity index is 358. The van der Waals surface area contributed by atoms with Gasteiger partial charge >= 0.3 is 0 Å². The Kier molecular flexibility index (Phi) is 5.37. The van der Waals surface area contributed by atoms with Crippen LogP contribution in [0.3, 0.4) is 0 Å². The monoisotopic (exact) mass is 283 g/mol. The van der Waals surface area contributed by atoms with Crippen LogP contribution < -0.4 is 5.32 Å². The van der Waals surface area contributed by atoms with Gasteiger partial charge in [-0.15, -0.1) is 0 Å². The molecule has 1 heterocycles. The van der Waals surface area contributed by atoms with Crippen molar-refractivity contribution in [2.75, 3.05) is 46.4 Å². The lowest BCUT2D eigenvalue weighted by molar-refractivity contribution is -0.135. The molecule has 0 aromatic rings. The number of carbonyl (C=O) groups excluding carboxylic acids is 2. The molecule has 6 heteroatoms. The van der Waals surface area contributed by atoms with Gasteiger partial charge in [0.15, 0.2) is 0 Å². The Morgan fingerprint density at radius 1 is 1.35 bits per heavy atom. The standard InChI is InChI=1S/C14H25N3O3/c1-11(18)15-7-14(19)17(8-12-3-4-12)10-13-9-16(2)5-6-20-13/h12-13H,3-10H2,1-2H3,(H,15,18). The van der Waals surface area contributed by atoms with Gasteiger partial charge in [0.1, 0.15) is 0 Å². The van der Waals surface area contributed by atoms with Crippen LogP contribution in [-0.2, 0) is 14.3 Å². The molecule has 2 rings (SSSR count). The van der Waals surface area contributed by atoms with E-state index >= 15 is 0 Å². The van der Waals surface area contributed by atoms with Crippen molar-refractivity contribution in [3.63, 3.8) is 0 Å². The van der Waals surface area contributed by atoms with E-state index in [1.807, 2.05) is 4.90 Å². The van der Waals surface area contributed by atoms with Gasteiger partial charge in [-0.25, -0.2) is 0 Å². The normalized spacial score (nSPS) is 23.4. The molecule has 1 aliphatic carbocycles. The van der Waals surface area contributed by atoms with Gasteiger partial charge in [-0.2, -0.15) is 0 Å². The number of morpholine rings is 1. The molecule has 1 unspecified atom stereocenters. The number of nitrogens with one attached hydrogen (secondary N) is 1. The second-order valence-corrected chi connectivity index (χ2v) is 5.91. The van der Waals surface area contributed by atoms with Crippen LogP contribution in [0, 0.1) is 5.92 Å². The summed E-state index contributed by atoms with van der Waals surface area (Å²) >= 11 is 0. The largest absolute Gasteiger partial charge is 0.374 e. The van der Waals surface area contributed by atoms with Gasteiger partial charge < -0.3 is 19.9 Å². The number of hydrogen-bond donors (Lipinski definition) is 1. The first-order valence-electron chi connectivity index (χ1n) is 7.37. The Morgan fingerprint density at radius 2 is 2.10 bits per heavy atom. The first kappa shape index (κ1) is 15.3. The Labute approximate surface area is 120 Å². The van der Waals surface area contributed by atoms with E-state index in [1.165, 1.54) is 19.8 Å². The third-order valence-electron chi connectivity index (χ3n) is 3.78. The molecule has 20 heavy (non-hydrogen) atoms. The van der Waals surface area contributed by atoms with E-state index in [-0.39, 0.29) is 24.5 Å². The summed E-state index contributed by atoms with van der Waals surface area (Å²) in [5.41, 5.74) is 0. The molecule has 2 fully saturated rings. The SMILES string of the molecule is CC(=O)NCC(=O)N(CC1CC1)CC1CN(C)CCO1. The minimum Gasteiger partial charge on any atom is -0.374 e. The lowest BCUT2D eigenvalue weighted by Gasteiger charge is -2.34. The van der Waals surface area contributed by atoms with Crippen molar-refractivity contribution in [2.24, 2.45) is 5.92 Å². The number of carbonyl (C=O) groups is 2. The van der Waals surface area contributed by atoms with Crippen LogP contribution in [0.25, 0.3) is 0 Å². The van der Waals surface area contributed by atoms with Crippen molar-refractivity contribution in [1.29, 1.82) is 0 Å². The number of hydrogen-bond acceptors (Lipinski definition) is 4. The summed E-state index contributed by atoms with van der Waals surface area (Å²) in [6, 6.07) is 0. The van der Waals surface area contributed by atoms with Gasteiger partial charge in [-0.1, -0.05) is 0 Å². The number of likely N-dealkylation sites (N-methyl/N-ethyl adjacent to an activating group) is 1. The Morgan fingerprint density at radius 3 is 2.70 bits per heavy atom. The molecule has 2 amide bonds. The highest BCUT2D eigenvalue weighted by Crippen LogP contribution is 2.29. The van der Waals surface area contributed by atoms with Gasteiger partial charge in [0, 0.05) is 33.1 Å². The molecule has 2 aliphatic rings. The summed E-state index contributed by atoms with van der Waals surface area (Å²) in [5.74, 6) is 0.458. The van der Waals surface area contributed by atoms with E-state index in [0.717, 1.165) is 26.2 Å². The smallest absolute Gasteiger partial charge is 0.242 e. The highest BCUT2D eigenvalue weighted by Gasteiger charge is 2.29. The molecule has 0 radical (unpaired) electrons. The van der Waals surface area contributed by atoms with E-state index in [0.29, 0.717) is 12.5 Å². The van der Waals surface area contributed by atoms with Crippen molar-refractivity contribution in [2.45, 2.75) is 25.9 Å². The van der Waals surface area contributed by atoms with E-state index in [9.17, 15) is 9.59 Å². The third kappa shape index (κ3) is 5.09. The average molecular weight is 283 g/mol. The van der Waals surface area contributed by atoms with Crippen molar-refractivity contribution in [3.8, 4) is 0 Å². The minimum atomic E-state index is -0.168. The van der Waals surface area contributed by atoms with Crippen LogP contribution in [-0.4, -0.2) is 74.1 Å². The average Bonchev–Trinajstić information content (AvgIpc) is 3.19. The van der Waals surface area contributed by atoms with Crippen molar-refractivity contribution >= 4 is 11.8 Å². The Balaban J connectivity index is 1.85. The molecular formula is C14H25N3O3. The molecular weight excluding hydrogens is 258 g/mol. The molecule has 0 aromatic carbocycles. The van der Waals surface area contributed by atoms with Crippen LogP contribution in [0.5, 0.6) is 0 Å². The van der Waals surface area contributed by atoms with Gasteiger partial charge in [0.05, 0.1) is 19.3 Å². The predicted octanol–water partition coefficient (Wildman–Crippen LogP) is -0.308. The van der Waals surface area contributed by atoms with E-state index in [1.54, 1.807) is 0 Å². The van der Waals surface area contributed by atoms with Crippen molar-refractivity contribution in [3.05, 3.63) is 0 Å². The predicted molar refractivity (Wildman–Crippen MR) is 75.2 cm³/mol. The number of ether oxygens (including phenoxy) is 1. The van der Waals surface area contributed by atoms with Gasteiger partial charge in [-0.3, -0.25) is 9.59 Å². The topological polar surface area (TPSA) is 61.9 Å². The van der Waals surface area contributed by atoms with Crippen LogP contribution in [0.15, 0.2) is 0 Å². The maximum Gasteiger partial charge on any atom is 0.242 e. The summed E-state index contributed by atoms with van der Waals surface area (Å²) < 4.78 is 5.73. The third-order valence-corrected chi connectivity index (χ3v) is 3.78. The molecule has 6 nitrogen and oxygen atoms in total. The van der Waals surface area contributed by atoms with Gasteiger partial charge in [0.25, 0.3) is 0 Å². The highest BCUT2D eigenvalue weighted by molar-refractivity contribution is 5.83. The summed E-state index contributed by atoms with van der Waals surface area (Å²) in [5, 5.41) is 2.58. The Hall–Kier alpha value is -1.14. The molecule has 0 spiro atoms. The zero-order valence-corrected chi connectivity index (χ0v) is 12.4. The molecule has 1 saturated carbocycles. The minimum absolute atomic E-state index is 0.0103. The fourth-order valence-electron chi connectivity index (χ4n) is 2.43. The van der Waals surface area contributed by atoms with Crippen LogP contribution >= 0.6 is 0 Å². The molecule has 1 aliphatic heterocycles. The fraction of sp³-hybridized carbons (Fsp3) is 0.857. The molecule has 1 N–H and O–H groups in total. The van der Waals surface area contributed by atoms with Gasteiger partial charge in [-0.05, 0) is 25.8 Å². The second-order valence-electron chi connectivity index (χ2n) is 5.91. The van der Waals surface area contributed by atoms with E-state index < -0.39 is 0 Å². The lowest BCUT2D eigenvalue weighted by atomic mass is 10.2. The zero-order chi connectivity index (χ0) is 14.5. The van der Waals surface area contributed by atoms with E-state index in [4.69, 9.17) is 4.74 Å². The maximum absolute atomic E-state index is 12.2. The summed E-state index contributed by atoms with van der Waals surface area (Å²) in [6.07, 6.45) is 2.48. The lowest BCUT2D eigenvalue weighted by Crippen LogP contribution is -2.49. The van der Waals surface area contributed by atoms with E-state index in [2.05, 4.69) is 17.3 Å².